The minimum atomic E-state index is 0.428. The van der Waals surface area contributed by atoms with Crippen LogP contribution < -0.4 is 11.3 Å². The van der Waals surface area contributed by atoms with Crippen molar-refractivity contribution in [1.29, 1.82) is 0 Å². The lowest BCUT2D eigenvalue weighted by atomic mass is 10.2. The van der Waals surface area contributed by atoms with E-state index in [0.29, 0.717) is 12.1 Å². The average molecular weight is 176 g/mol. The molecule has 0 bridgehead atoms. The van der Waals surface area contributed by atoms with Gasteiger partial charge in [-0.1, -0.05) is 0 Å². The van der Waals surface area contributed by atoms with E-state index in [4.69, 9.17) is 12.2 Å². The first-order valence-electron chi connectivity index (χ1n) is 3.86. The third-order valence-electron chi connectivity index (χ3n) is 1.50. The summed E-state index contributed by atoms with van der Waals surface area (Å²) in [6.07, 6.45) is 0. The quantitative estimate of drug-likeness (QED) is 0.464. The van der Waals surface area contributed by atoms with E-state index in [1.807, 2.05) is 0 Å². The molecule has 0 aromatic carbocycles. The number of hydrogen-bond donors (Lipinski definition) is 2. The SMILES string of the molecule is CC(C)N(C(=S)N[NH3+])C(C)C. The van der Waals surface area contributed by atoms with Crippen molar-refractivity contribution in [3.05, 3.63) is 0 Å². The molecule has 0 saturated heterocycles. The van der Waals surface area contributed by atoms with Crippen LogP contribution in [0, 0.1) is 0 Å². The Bertz CT molecular complexity index is 126. The maximum Gasteiger partial charge on any atom is 0.216 e. The lowest BCUT2D eigenvalue weighted by Gasteiger charge is -2.31. The summed E-state index contributed by atoms with van der Waals surface area (Å²) in [5.74, 6) is 3.54. The molecule has 0 aliphatic rings. The third-order valence-corrected chi connectivity index (χ3v) is 1.85. The lowest BCUT2D eigenvalue weighted by Crippen LogP contribution is -2.70. The lowest BCUT2D eigenvalue weighted by molar-refractivity contribution is -0.420. The molecule has 0 aliphatic carbocycles. The van der Waals surface area contributed by atoms with Gasteiger partial charge < -0.3 is 4.90 Å². The molecule has 0 saturated carbocycles. The molecule has 0 atom stereocenters. The normalized spacial score (nSPS) is 10.5. The first kappa shape index (κ1) is 10.7. The van der Waals surface area contributed by atoms with Gasteiger partial charge in [-0.2, -0.15) is 0 Å². The van der Waals surface area contributed by atoms with Crippen LogP contribution in [0.25, 0.3) is 0 Å². The first-order chi connectivity index (χ1) is 5.00. The highest BCUT2D eigenvalue weighted by atomic mass is 32.1. The molecule has 0 spiro atoms. The first-order valence-corrected chi connectivity index (χ1v) is 4.27. The average Bonchev–Trinajstić information content (AvgIpc) is 1.85. The molecule has 66 valence electrons. The Balaban J connectivity index is 4.22. The van der Waals surface area contributed by atoms with Crippen molar-refractivity contribution < 1.29 is 5.84 Å². The highest BCUT2D eigenvalue weighted by Gasteiger charge is 2.15. The summed E-state index contributed by atoms with van der Waals surface area (Å²) < 4.78 is 0. The second-order valence-electron chi connectivity index (χ2n) is 3.08. The summed E-state index contributed by atoms with van der Waals surface area (Å²) in [5.41, 5.74) is 2.74. The van der Waals surface area contributed by atoms with E-state index in [-0.39, 0.29) is 0 Å². The van der Waals surface area contributed by atoms with Gasteiger partial charge in [-0.3, -0.25) is 5.84 Å². The van der Waals surface area contributed by atoms with E-state index in [0.717, 1.165) is 5.11 Å². The summed E-state index contributed by atoms with van der Waals surface area (Å²) in [7, 11) is 0. The molecular formula is C7H18N3S+. The Kier molecular flexibility index (Phi) is 4.37. The highest BCUT2D eigenvalue weighted by Crippen LogP contribution is 2.04. The molecule has 0 aliphatic heterocycles. The van der Waals surface area contributed by atoms with Gasteiger partial charge in [0.1, 0.15) is 0 Å². The van der Waals surface area contributed by atoms with Crippen molar-refractivity contribution in [2.75, 3.05) is 0 Å². The van der Waals surface area contributed by atoms with Gasteiger partial charge in [-0.15, -0.1) is 0 Å². The summed E-state index contributed by atoms with van der Waals surface area (Å²) in [5, 5.41) is 0.718. The zero-order chi connectivity index (χ0) is 9.02. The van der Waals surface area contributed by atoms with Crippen LogP contribution in [0.3, 0.4) is 0 Å². The van der Waals surface area contributed by atoms with Crippen LogP contribution in [-0.4, -0.2) is 22.1 Å². The minimum Gasteiger partial charge on any atom is -0.341 e. The van der Waals surface area contributed by atoms with Crippen molar-refractivity contribution in [1.82, 2.24) is 10.3 Å². The van der Waals surface area contributed by atoms with Gasteiger partial charge in [0, 0.05) is 12.1 Å². The van der Waals surface area contributed by atoms with E-state index >= 15 is 0 Å². The van der Waals surface area contributed by atoms with Gasteiger partial charge in [0.05, 0.1) is 0 Å². The number of thiocarbonyl (C=S) groups is 1. The fourth-order valence-corrected chi connectivity index (χ4v) is 1.58. The molecule has 4 N–H and O–H groups in total. The van der Waals surface area contributed by atoms with Crippen LogP contribution in [-0.2, 0) is 0 Å². The second kappa shape index (κ2) is 4.51. The topological polar surface area (TPSA) is 42.9 Å². The second-order valence-corrected chi connectivity index (χ2v) is 3.46. The van der Waals surface area contributed by atoms with Crippen LogP contribution in [0.15, 0.2) is 0 Å². The Morgan fingerprint density at radius 2 is 1.64 bits per heavy atom. The molecule has 11 heavy (non-hydrogen) atoms. The summed E-state index contributed by atoms with van der Waals surface area (Å²) in [4.78, 5) is 2.11. The molecule has 0 fully saturated rings. The minimum absolute atomic E-state index is 0.428. The molecule has 0 aromatic rings. The van der Waals surface area contributed by atoms with Gasteiger partial charge in [0.2, 0.25) is 5.11 Å². The number of hydrogen-bond acceptors (Lipinski definition) is 1. The fraction of sp³-hybridized carbons (Fsp3) is 0.857. The largest absolute Gasteiger partial charge is 0.341 e. The molecule has 0 radical (unpaired) electrons. The van der Waals surface area contributed by atoms with Crippen molar-refractivity contribution in [3.8, 4) is 0 Å². The van der Waals surface area contributed by atoms with Gasteiger partial charge in [0.25, 0.3) is 0 Å². The maximum atomic E-state index is 5.08. The monoisotopic (exact) mass is 176 g/mol. The van der Waals surface area contributed by atoms with Crippen molar-refractivity contribution in [2.45, 2.75) is 39.8 Å². The van der Waals surface area contributed by atoms with Crippen molar-refractivity contribution >= 4 is 17.3 Å². The van der Waals surface area contributed by atoms with Gasteiger partial charge in [0.15, 0.2) is 0 Å². The number of quaternary nitrogens is 1. The Labute approximate surface area is 73.9 Å². The third kappa shape index (κ3) is 3.03. The van der Waals surface area contributed by atoms with E-state index in [2.05, 4.69) is 43.9 Å². The van der Waals surface area contributed by atoms with E-state index < -0.39 is 0 Å². The van der Waals surface area contributed by atoms with Crippen LogP contribution in [0.1, 0.15) is 27.7 Å². The molecule has 0 amide bonds. The molecule has 4 heteroatoms. The Morgan fingerprint density at radius 1 is 1.27 bits per heavy atom. The smallest absolute Gasteiger partial charge is 0.216 e. The standard InChI is InChI=1S/C7H17N3S/c1-5(2)10(6(3)4)7(11)9-8/h5-6H,8H2,1-4H3,(H,9,11)/p+1. The van der Waals surface area contributed by atoms with E-state index in [9.17, 15) is 0 Å². The number of nitrogens with one attached hydrogen (secondary N) is 1. The number of nitrogens with zero attached hydrogens (tertiary/aromatic N) is 1. The zero-order valence-corrected chi connectivity index (χ0v) is 8.53. The summed E-state index contributed by atoms with van der Waals surface area (Å²) in [6, 6.07) is 0.855. The predicted molar refractivity (Wildman–Crippen MR) is 50.7 cm³/mol. The predicted octanol–water partition coefficient (Wildman–Crippen LogP) is 0.137. The molecular weight excluding hydrogens is 158 g/mol. The molecule has 0 rings (SSSR count). The van der Waals surface area contributed by atoms with Crippen LogP contribution in [0.5, 0.6) is 0 Å². The highest BCUT2D eigenvalue weighted by molar-refractivity contribution is 7.80. The van der Waals surface area contributed by atoms with E-state index in [1.54, 1.807) is 0 Å². The Hall–Kier alpha value is -0.350. The van der Waals surface area contributed by atoms with Crippen molar-refractivity contribution in [3.63, 3.8) is 0 Å². The van der Waals surface area contributed by atoms with Gasteiger partial charge >= 0.3 is 0 Å². The van der Waals surface area contributed by atoms with Gasteiger partial charge in [-0.25, -0.2) is 5.43 Å². The number of rotatable bonds is 2. The summed E-state index contributed by atoms with van der Waals surface area (Å²) in [6.45, 7) is 8.46. The summed E-state index contributed by atoms with van der Waals surface area (Å²) >= 11 is 5.08. The van der Waals surface area contributed by atoms with Gasteiger partial charge in [-0.05, 0) is 39.9 Å². The zero-order valence-electron chi connectivity index (χ0n) is 7.72. The van der Waals surface area contributed by atoms with Crippen LogP contribution >= 0.6 is 12.2 Å². The van der Waals surface area contributed by atoms with Crippen LogP contribution in [0.2, 0.25) is 0 Å². The van der Waals surface area contributed by atoms with E-state index in [1.165, 1.54) is 0 Å². The molecule has 3 nitrogen and oxygen atoms in total. The molecule has 0 aromatic heterocycles. The Morgan fingerprint density at radius 3 is 1.73 bits per heavy atom. The fourth-order valence-electron chi connectivity index (χ4n) is 1.16. The van der Waals surface area contributed by atoms with Crippen LogP contribution in [0.4, 0.5) is 0 Å². The maximum absolute atomic E-state index is 5.08. The molecule has 0 heterocycles. The molecule has 0 unspecified atom stereocenters. The van der Waals surface area contributed by atoms with Crippen molar-refractivity contribution in [2.24, 2.45) is 0 Å².